The van der Waals surface area contributed by atoms with Gasteiger partial charge >= 0.3 is 0 Å². The van der Waals surface area contributed by atoms with Gasteiger partial charge < -0.3 is 5.32 Å². The molecule has 1 saturated carbocycles. The van der Waals surface area contributed by atoms with Gasteiger partial charge in [0.25, 0.3) is 0 Å². The minimum atomic E-state index is 0.318. The fourth-order valence-electron chi connectivity index (χ4n) is 2.50. The molecule has 1 atom stereocenters. The van der Waals surface area contributed by atoms with Crippen LogP contribution in [0.15, 0.2) is 12.3 Å². The lowest BCUT2D eigenvalue weighted by molar-refractivity contribution is 0.454. The molecule has 0 bridgehead atoms. The Morgan fingerprint density at radius 1 is 1.42 bits per heavy atom. The second kappa shape index (κ2) is 4.30. The molecule has 4 nitrogen and oxygen atoms in total. The zero-order valence-corrected chi connectivity index (χ0v) is 12.2. The maximum absolute atomic E-state index is 4.50. The van der Waals surface area contributed by atoms with Crippen LogP contribution in [-0.2, 0) is 0 Å². The lowest BCUT2D eigenvalue weighted by Crippen LogP contribution is -2.26. The van der Waals surface area contributed by atoms with Crippen LogP contribution in [0, 0.1) is 19.3 Å². The van der Waals surface area contributed by atoms with Gasteiger partial charge in [-0.3, -0.25) is 0 Å². The Hall–Kier alpha value is -1.42. The van der Waals surface area contributed by atoms with E-state index < -0.39 is 0 Å². The van der Waals surface area contributed by atoms with Gasteiger partial charge in [-0.15, -0.1) is 0 Å². The molecule has 0 aromatic carbocycles. The van der Waals surface area contributed by atoms with Gasteiger partial charge in [-0.05, 0) is 39.0 Å². The van der Waals surface area contributed by atoms with E-state index in [1.165, 1.54) is 24.1 Å². The zero-order chi connectivity index (χ0) is 13.6. The smallest absolute Gasteiger partial charge is 0.155 e. The van der Waals surface area contributed by atoms with Gasteiger partial charge in [0.2, 0.25) is 0 Å². The largest absolute Gasteiger partial charge is 0.310 e. The van der Waals surface area contributed by atoms with E-state index in [0.29, 0.717) is 11.5 Å². The quantitative estimate of drug-likeness (QED) is 0.917. The van der Waals surface area contributed by atoms with Gasteiger partial charge in [0.15, 0.2) is 5.65 Å². The molecule has 1 fully saturated rings. The number of fused-ring (bicyclic) bond motifs is 1. The van der Waals surface area contributed by atoms with Crippen LogP contribution in [-0.4, -0.2) is 21.1 Å². The Balaban J connectivity index is 1.84. The third-order valence-corrected chi connectivity index (χ3v) is 4.29. The summed E-state index contributed by atoms with van der Waals surface area (Å²) in [5.41, 5.74) is 4.89. The molecule has 19 heavy (non-hydrogen) atoms. The van der Waals surface area contributed by atoms with Crippen LogP contribution in [0.1, 0.15) is 49.7 Å². The van der Waals surface area contributed by atoms with E-state index in [1.54, 1.807) is 0 Å². The van der Waals surface area contributed by atoms with Gasteiger partial charge in [-0.1, -0.05) is 6.92 Å². The summed E-state index contributed by atoms with van der Waals surface area (Å²) in [7, 11) is 0. The molecule has 0 spiro atoms. The van der Waals surface area contributed by atoms with Gasteiger partial charge in [0, 0.05) is 36.1 Å². The first-order valence-corrected chi connectivity index (χ1v) is 7.04. The highest BCUT2D eigenvalue weighted by Crippen LogP contribution is 2.44. The topological polar surface area (TPSA) is 42.2 Å². The molecule has 102 valence electrons. The predicted molar refractivity (Wildman–Crippen MR) is 76.2 cm³/mol. The molecule has 1 N–H and O–H groups in total. The highest BCUT2D eigenvalue weighted by Gasteiger charge is 2.37. The molecule has 0 amide bonds. The standard InChI is InChI=1S/C15H22N4/c1-10-7-14-16-8-13(12(3)19(14)18-10)11(2)17-9-15(4)5-6-15/h7-8,11,17H,5-6,9H2,1-4H3. The molecule has 4 heteroatoms. The maximum Gasteiger partial charge on any atom is 0.155 e. The predicted octanol–water partition coefficient (Wildman–Crippen LogP) is 2.80. The molecule has 2 aromatic heterocycles. The van der Waals surface area contributed by atoms with Gasteiger partial charge in [0.1, 0.15) is 0 Å². The number of nitrogens with zero attached hydrogens (tertiary/aromatic N) is 3. The Labute approximate surface area is 114 Å². The van der Waals surface area contributed by atoms with E-state index in [-0.39, 0.29) is 0 Å². The lowest BCUT2D eigenvalue weighted by Gasteiger charge is -2.19. The van der Waals surface area contributed by atoms with Crippen LogP contribution in [0.4, 0.5) is 0 Å². The summed E-state index contributed by atoms with van der Waals surface area (Å²) in [6.45, 7) is 9.76. The normalized spacial score (nSPS) is 18.7. The van der Waals surface area contributed by atoms with Crippen LogP contribution in [0.25, 0.3) is 5.65 Å². The molecule has 0 aliphatic heterocycles. The summed E-state index contributed by atoms with van der Waals surface area (Å²) in [4.78, 5) is 4.50. The minimum absolute atomic E-state index is 0.318. The Morgan fingerprint density at radius 3 is 2.84 bits per heavy atom. The SMILES string of the molecule is Cc1cc2ncc(C(C)NCC3(C)CC3)c(C)n2n1. The number of hydrogen-bond acceptors (Lipinski definition) is 3. The summed E-state index contributed by atoms with van der Waals surface area (Å²) < 4.78 is 1.95. The van der Waals surface area contributed by atoms with Crippen molar-refractivity contribution in [2.45, 2.75) is 46.6 Å². The van der Waals surface area contributed by atoms with E-state index >= 15 is 0 Å². The third-order valence-electron chi connectivity index (χ3n) is 4.29. The van der Waals surface area contributed by atoms with Crippen LogP contribution < -0.4 is 5.32 Å². The van der Waals surface area contributed by atoms with Crippen LogP contribution in [0.2, 0.25) is 0 Å². The van der Waals surface area contributed by atoms with E-state index in [1.807, 2.05) is 23.7 Å². The summed E-state index contributed by atoms with van der Waals surface area (Å²) in [6.07, 6.45) is 4.68. The molecular formula is C15H22N4. The van der Waals surface area contributed by atoms with Gasteiger partial charge in [0.05, 0.1) is 5.69 Å². The monoisotopic (exact) mass is 258 g/mol. The van der Waals surface area contributed by atoms with Crippen molar-refractivity contribution in [3.8, 4) is 0 Å². The lowest BCUT2D eigenvalue weighted by atomic mass is 10.1. The molecule has 3 rings (SSSR count). The molecule has 2 aromatic rings. The fourth-order valence-corrected chi connectivity index (χ4v) is 2.50. The molecular weight excluding hydrogens is 236 g/mol. The highest BCUT2D eigenvalue weighted by atomic mass is 15.3. The number of rotatable bonds is 4. The van der Waals surface area contributed by atoms with E-state index in [4.69, 9.17) is 0 Å². The Bertz CT molecular complexity index is 610. The number of nitrogens with one attached hydrogen (secondary N) is 1. The second-order valence-electron chi connectivity index (χ2n) is 6.27. The van der Waals surface area contributed by atoms with Crippen molar-refractivity contribution in [2.24, 2.45) is 5.41 Å². The van der Waals surface area contributed by atoms with Crippen LogP contribution >= 0.6 is 0 Å². The number of aromatic nitrogens is 3. The van der Waals surface area contributed by atoms with E-state index in [0.717, 1.165) is 17.9 Å². The first kappa shape index (κ1) is 12.6. The maximum atomic E-state index is 4.50. The summed E-state index contributed by atoms with van der Waals surface area (Å²) in [6, 6.07) is 2.33. The zero-order valence-electron chi connectivity index (χ0n) is 12.2. The molecule has 1 aliphatic carbocycles. The fraction of sp³-hybridized carbons (Fsp3) is 0.600. The Kier molecular flexibility index (Phi) is 2.86. The first-order valence-electron chi connectivity index (χ1n) is 7.04. The first-order chi connectivity index (χ1) is 8.98. The molecule has 1 aliphatic rings. The number of aryl methyl sites for hydroxylation is 2. The van der Waals surface area contributed by atoms with E-state index in [9.17, 15) is 0 Å². The second-order valence-corrected chi connectivity index (χ2v) is 6.27. The van der Waals surface area contributed by atoms with Crippen molar-refractivity contribution < 1.29 is 0 Å². The molecule has 2 heterocycles. The average molecular weight is 258 g/mol. The van der Waals surface area contributed by atoms with Crippen molar-refractivity contribution in [3.05, 3.63) is 29.2 Å². The van der Waals surface area contributed by atoms with Crippen molar-refractivity contribution in [3.63, 3.8) is 0 Å². The number of hydrogen-bond donors (Lipinski definition) is 1. The summed E-state index contributed by atoms with van der Waals surface area (Å²) >= 11 is 0. The summed E-state index contributed by atoms with van der Waals surface area (Å²) in [5, 5.41) is 8.14. The summed E-state index contributed by atoms with van der Waals surface area (Å²) in [5.74, 6) is 0. The Morgan fingerprint density at radius 2 is 2.16 bits per heavy atom. The molecule has 1 unspecified atom stereocenters. The molecule has 0 saturated heterocycles. The van der Waals surface area contributed by atoms with Crippen LogP contribution in [0.5, 0.6) is 0 Å². The average Bonchev–Trinajstić information content (AvgIpc) is 2.97. The van der Waals surface area contributed by atoms with Crippen molar-refractivity contribution in [1.29, 1.82) is 0 Å². The van der Waals surface area contributed by atoms with E-state index in [2.05, 4.69) is 36.2 Å². The highest BCUT2D eigenvalue weighted by molar-refractivity contribution is 5.42. The van der Waals surface area contributed by atoms with Gasteiger partial charge in [-0.25, -0.2) is 9.50 Å². The van der Waals surface area contributed by atoms with Crippen molar-refractivity contribution in [2.75, 3.05) is 6.54 Å². The van der Waals surface area contributed by atoms with Crippen LogP contribution in [0.3, 0.4) is 0 Å². The third kappa shape index (κ3) is 2.37. The molecule has 0 radical (unpaired) electrons. The minimum Gasteiger partial charge on any atom is -0.310 e. The van der Waals surface area contributed by atoms with Gasteiger partial charge in [-0.2, -0.15) is 5.10 Å². The van der Waals surface area contributed by atoms with Crippen molar-refractivity contribution in [1.82, 2.24) is 19.9 Å². The van der Waals surface area contributed by atoms with Crippen molar-refractivity contribution >= 4 is 5.65 Å².